The molecule has 0 saturated heterocycles. The molecule has 2 heterocycles. The van der Waals surface area contributed by atoms with Crippen LogP contribution in [-0.4, -0.2) is 11.0 Å². The van der Waals surface area contributed by atoms with Crippen LogP contribution in [0.15, 0.2) is 18.2 Å². The summed E-state index contributed by atoms with van der Waals surface area (Å²) in [5, 5.41) is 17.6. The largest absolute Gasteiger partial charge is 0.508 e. The number of aromatic hydroxyl groups is 1. The molecule has 0 spiro atoms. The van der Waals surface area contributed by atoms with Crippen molar-refractivity contribution in [1.82, 2.24) is 5.32 Å². The number of aryl methyl sites for hydroxylation is 1. The van der Waals surface area contributed by atoms with Crippen LogP contribution >= 0.6 is 11.3 Å². The van der Waals surface area contributed by atoms with Crippen molar-refractivity contribution >= 4 is 22.2 Å². The van der Waals surface area contributed by atoms with Gasteiger partial charge in [0.15, 0.2) is 0 Å². The van der Waals surface area contributed by atoms with E-state index in [9.17, 15) is 9.90 Å². The lowest BCUT2D eigenvalue weighted by Gasteiger charge is -2.27. The molecule has 0 bridgehead atoms. The fourth-order valence-corrected chi connectivity index (χ4v) is 5.16. The van der Waals surface area contributed by atoms with Crippen LogP contribution in [0.5, 0.6) is 5.75 Å². The van der Waals surface area contributed by atoms with Gasteiger partial charge in [-0.05, 0) is 49.8 Å². The Labute approximate surface area is 145 Å². The lowest BCUT2D eigenvalue weighted by atomic mass is 9.85. The van der Waals surface area contributed by atoms with Crippen molar-refractivity contribution < 1.29 is 9.90 Å². The first-order valence-corrected chi connectivity index (χ1v) is 9.40. The van der Waals surface area contributed by atoms with Crippen LogP contribution in [-0.2, 0) is 12.8 Å². The summed E-state index contributed by atoms with van der Waals surface area (Å²) in [6.07, 6.45) is 4.06. The van der Waals surface area contributed by atoms with Crippen molar-refractivity contribution in [2.24, 2.45) is 5.92 Å². The molecule has 4 rings (SSSR count). The van der Waals surface area contributed by atoms with Crippen LogP contribution in [0.25, 0.3) is 0 Å². The van der Waals surface area contributed by atoms with Gasteiger partial charge in [-0.25, -0.2) is 0 Å². The average molecular weight is 342 g/mol. The normalized spacial score (nSPS) is 22.3. The molecule has 0 radical (unpaired) electrons. The molecular weight excluding hydrogens is 320 g/mol. The summed E-state index contributed by atoms with van der Waals surface area (Å²) in [4.78, 5) is 14.1. The number of rotatable bonds is 2. The van der Waals surface area contributed by atoms with Crippen LogP contribution in [0.4, 0.5) is 5.00 Å². The Kier molecular flexibility index (Phi) is 3.76. The van der Waals surface area contributed by atoms with Gasteiger partial charge in [0.2, 0.25) is 0 Å². The molecule has 3 N–H and O–H groups in total. The van der Waals surface area contributed by atoms with Gasteiger partial charge in [0.25, 0.3) is 5.91 Å². The number of phenolic OH excluding ortho intramolecular Hbond substituents is 1. The minimum atomic E-state index is -0.382. The van der Waals surface area contributed by atoms with Crippen LogP contribution < -0.4 is 10.6 Å². The van der Waals surface area contributed by atoms with E-state index >= 15 is 0 Å². The van der Waals surface area contributed by atoms with E-state index in [2.05, 4.69) is 17.6 Å². The predicted molar refractivity (Wildman–Crippen MR) is 96.8 cm³/mol. The van der Waals surface area contributed by atoms with Crippen molar-refractivity contribution in [2.75, 3.05) is 5.32 Å². The lowest BCUT2D eigenvalue weighted by molar-refractivity contribution is 0.0935. The summed E-state index contributed by atoms with van der Waals surface area (Å²) < 4.78 is 0. The average Bonchev–Trinajstić information content (AvgIpc) is 2.94. The number of hydrogen-bond donors (Lipinski definition) is 3. The van der Waals surface area contributed by atoms with E-state index in [-0.39, 0.29) is 17.8 Å². The fourth-order valence-electron chi connectivity index (χ4n) is 3.78. The van der Waals surface area contributed by atoms with E-state index < -0.39 is 0 Å². The zero-order chi connectivity index (χ0) is 16.8. The molecule has 5 heteroatoms. The molecular formula is C19H22N2O2S. The molecule has 4 nitrogen and oxygen atoms in total. The van der Waals surface area contributed by atoms with E-state index in [0.29, 0.717) is 5.56 Å². The number of carbonyl (C=O) groups excluding carboxylic acids is 1. The zero-order valence-corrected chi connectivity index (χ0v) is 14.8. The Morgan fingerprint density at radius 2 is 2.17 bits per heavy atom. The fraction of sp³-hybridized carbons (Fsp3) is 0.421. The van der Waals surface area contributed by atoms with Crippen molar-refractivity contribution in [2.45, 2.75) is 45.7 Å². The van der Waals surface area contributed by atoms with Gasteiger partial charge >= 0.3 is 0 Å². The molecule has 2 aromatic rings. The number of phenols is 1. The highest BCUT2D eigenvalue weighted by Gasteiger charge is 2.34. The first-order chi connectivity index (χ1) is 11.6. The number of fused-ring (bicyclic) bond motifs is 3. The summed E-state index contributed by atoms with van der Waals surface area (Å²) in [7, 11) is 0. The second-order valence-corrected chi connectivity index (χ2v) is 7.94. The maximum atomic E-state index is 12.7. The predicted octanol–water partition coefficient (Wildman–Crippen LogP) is 4.13. The number of hydrogen-bond acceptors (Lipinski definition) is 4. The van der Waals surface area contributed by atoms with Gasteiger partial charge in [0.1, 0.15) is 16.9 Å². The maximum Gasteiger partial charge on any atom is 0.256 e. The Bertz CT molecular complexity index is 812. The van der Waals surface area contributed by atoms with Crippen molar-refractivity contribution in [1.29, 1.82) is 0 Å². The van der Waals surface area contributed by atoms with Crippen LogP contribution in [0.3, 0.4) is 0 Å². The first kappa shape index (κ1) is 15.5. The summed E-state index contributed by atoms with van der Waals surface area (Å²) in [5.41, 5.74) is 3.83. The van der Waals surface area contributed by atoms with Crippen LogP contribution in [0.1, 0.15) is 57.9 Å². The SMILES string of the molecule is CC[C@@H]1CCc2c(sc3c2C(=O)N[C@@H](c2cc(C)ccc2O)N3)C1. The highest BCUT2D eigenvalue weighted by molar-refractivity contribution is 7.16. The third-order valence-corrected chi connectivity index (χ3v) is 6.40. The second kappa shape index (κ2) is 5.81. The van der Waals surface area contributed by atoms with E-state index in [4.69, 9.17) is 0 Å². The smallest absolute Gasteiger partial charge is 0.256 e. The van der Waals surface area contributed by atoms with Gasteiger partial charge in [0, 0.05) is 10.4 Å². The Balaban J connectivity index is 1.70. The van der Waals surface area contributed by atoms with Crippen LogP contribution in [0.2, 0.25) is 0 Å². The molecule has 1 aliphatic carbocycles. The van der Waals surface area contributed by atoms with Crippen LogP contribution in [0, 0.1) is 12.8 Å². The molecule has 0 unspecified atom stereocenters. The zero-order valence-electron chi connectivity index (χ0n) is 14.0. The highest BCUT2D eigenvalue weighted by Crippen LogP contribution is 2.43. The molecule has 2 atom stereocenters. The number of benzene rings is 1. The second-order valence-electron chi connectivity index (χ2n) is 6.84. The summed E-state index contributed by atoms with van der Waals surface area (Å²) in [6.45, 7) is 4.22. The van der Waals surface area contributed by atoms with Gasteiger partial charge in [-0.1, -0.05) is 25.0 Å². The van der Waals surface area contributed by atoms with Gasteiger partial charge < -0.3 is 15.7 Å². The topological polar surface area (TPSA) is 61.4 Å². The van der Waals surface area contributed by atoms with Gasteiger partial charge in [0.05, 0.1) is 5.56 Å². The van der Waals surface area contributed by atoms with Gasteiger partial charge in [-0.15, -0.1) is 11.3 Å². The molecule has 2 aliphatic rings. The maximum absolute atomic E-state index is 12.7. The third kappa shape index (κ3) is 2.47. The molecule has 1 aromatic carbocycles. The molecule has 0 fully saturated rings. The molecule has 24 heavy (non-hydrogen) atoms. The molecule has 1 aliphatic heterocycles. The minimum Gasteiger partial charge on any atom is -0.508 e. The van der Waals surface area contributed by atoms with E-state index in [0.717, 1.165) is 34.9 Å². The van der Waals surface area contributed by atoms with Crippen molar-refractivity contribution in [3.05, 3.63) is 45.3 Å². The monoisotopic (exact) mass is 342 g/mol. The summed E-state index contributed by atoms with van der Waals surface area (Å²) in [5.74, 6) is 0.911. The Hall–Kier alpha value is -2.01. The number of nitrogens with one attached hydrogen (secondary N) is 2. The molecule has 126 valence electrons. The number of thiophene rings is 1. The first-order valence-electron chi connectivity index (χ1n) is 8.58. The van der Waals surface area contributed by atoms with Gasteiger partial charge in [-0.2, -0.15) is 0 Å². The Morgan fingerprint density at radius 3 is 2.96 bits per heavy atom. The van der Waals surface area contributed by atoms with Crippen molar-refractivity contribution in [3.8, 4) is 5.75 Å². The molecule has 1 amide bonds. The van der Waals surface area contributed by atoms with Gasteiger partial charge in [-0.3, -0.25) is 4.79 Å². The molecule has 1 aromatic heterocycles. The Morgan fingerprint density at radius 1 is 1.33 bits per heavy atom. The quantitative estimate of drug-likeness (QED) is 0.769. The lowest BCUT2D eigenvalue weighted by Crippen LogP contribution is -2.38. The number of amides is 1. The standard InChI is InChI=1S/C19H22N2O2S/c1-3-11-5-6-12-15(9-11)24-19-16(12)18(23)20-17(21-19)13-8-10(2)4-7-14(13)22/h4,7-8,11,17,21-22H,3,5-6,9H2,1-2H3,(H,20,23)/t11-,17-/m1/s1. The van der Waals surface area contributed by atoms with E-state index in [1.54, 1.807) is 17.4 Å². The van der Waals surface area contributed by atoms with E-state index in [1.165, 1.54) is 23.3 Å². The third-order valence-electron chi connectivity index (χ3n) is 5.22. The summed E-state index contributed by atoms with van der Waals surface area (Å²) in [6, 6.07) is 5.46. The van der Waals surface area contributed by atoms with Crippen molar-refractivity contribution in [3.63, 3.8) is 0 Å². The highest BCUT2D eigenvalue weighted by atomic mass is 32.1. The summed E-state index contributed by atoms with van der Waals surface area (Å²) >= 11 is 1.72. The minimum absolute atomic E-state index is 0.0258. The molecule has 0 saturated carbocycles. The number of carbonyl (C=O) groups is 1. The number of anilines is 1. The van der Waals surface area contributed by atoms with E-state index in [1.807, 2.05) is 19.1 Å².